The number of nitrogens with one attached hydrogen (secondary N) is 2. The quantitative estimate of drug-likeness (QED) is 0.0496. The number of carbonyl (C=O) groups excluding carboxylic acids is 3. The number of alkyl carbamates (subject to hydrolysis) is 1. The summed E-state index contributed by atoms with van der Waals surface area (Å²) in [5.41, 5.74) is 10.9. The summed E-state index contributed by atoms with van der Waals surface area (Å²) >= 11 is 0. The molecule has 1 saturated heterocycles. The minimum absolute atomic E-state index is 0.0131. The first kappa shape index (κ1) is 31.6. The Morgan fingerprint density at radius 1 is 0.976 bits per heavy atom. The standard InChI is InChI=1S/C26H31N7O9/c27-24(31-25(36)42-16-18-4-8-21(9-5-18)33(39)40)30-12-1-11-26(28,22(34)19-10-13-29-14-19)23(35)41-15-17-2-6-20(7-3-17)32(37)38/h2-9,19,29H,1,10-16,28H2,(H3,27,30,31,36)/t19-,26-/m0/s1. The fraction of sp³-hybridized carbons (Fsp3) is 0.385. The van der Waals surface area contributed by atoms with Gasteiger partial charge in [-0.15, -0.1) is 0 Å². The lowest BCUT2D eigenvalue weighted by molar-refractivity contribution is -0.385. The molecule has 1 heterocycles. The number of esters is 1. The zero-order valence-corrected chi connectivity index (χ0v) is 22.5. The molecule has 1 aliphatic rings. The molecule has 16 nitrogen and oxygen atoms in total. The molecule has 42 heavy (non-hydrogen) atoms. The molecule has 2 aromatic rings. The first-order chi connectivity index (χ1) is 20.0. The predicted molar refractivity (Wildman–Crippen MR) is 148 cm³/mol. The number of nitrogens with two attached hydrogens (primary N) is 2. The minimum Gasteiger partial charge on any atom is -0.459 e. The third-order valence-electron chi connectivity index (χ3n) is 6.51. The maximum atomic E-state index is 13.2. The van der Waals surface area contributed by atoms with Gasteiger partial charge in [0.15, 0.2) is 17.3 Å². The van der Waals surface area contributed by atoms with Crippen LogP contribution in [0.25, 0.3) is 0 Å². The lowest BCUT2D eigenvalue weighted by Gasteiger charge is -2.28. The lowest BCUT2D eigenvalue weighted by atomic mass is 9.82. The van der Waals surface area contributed by atoms with Gasteiger partial charge >= 0.3 is 12.1 Å². The maximum absolute atomic E-state index is 13.2. The number of hydrogen-bond acceptors (Lipinski definition) is 12. The van der Waals surface area contributed by atoms with Crippen molar-refractivity contribution in [1.82, 2.24) is 10.6 Å². The Balaban J connectivity index is 1.52. The number of Topliss-reactive ketones (excluding diaryl/α,β-unsaturated/α-hetero) is 1. The molecule has 16 heteroatoms. The molecular weight excluding hydrogens is 554 g/mol. The Hall–Kier alpha value is -4.96. The van der Waals surface area contributed by atoms with E-state index in [9.17, 15) is 34.6 Å². The molecule has 0 saturated carbocycles. The molecule has 0 unspecified atom stereocenters. The highest BCUT2D eigenvalue weighted by Gasteiger charge is 2.46. The second kappa shape index (κ2) is 14.6. The zero-order chi connectivity index (χ0) is 30.7. The molecule has 0 aromatic heterocycles. The van der Waals surface area contributed by atoms with Crippen LogP contribution in [0.1, 0.15) is 30.4 Å². The number of benzene rings is 2. The normalized spacial score (nSPS) is 16.2. The van der Waals surface area contributed by atoms with Crippen molar-refractivity contribution in [3.05, 3.63) is 79.9 Å². The number of nitro groups is 2. The summed E-state index contributed by atoms with van der Waals surface area (Å²) in [5, 5.41) is 26.9. The van der Waals surface area contributed by atoms with Crippen LogP contribution in [0.5, 0.6) is 0 Å². The molecule has 0 aliphatic carbocycles. The number of hydrogen-bond donors (Lipinski definition) is 4. The number of amides is 1. The molecule has 1 aliphatic heterocycles. The van der Waals surface area contributed by atoms with Crippen molar-refractivity contribution in [1.29, 1.82) is 0 Å². The van der Waals surface area contributed by atoms with Gasteiger partial charge in [0.05, 0.1) is 9.85 Å². The summed E-state index contributed by atoms with van der Waals surface area (Å²) < 4.78 is 10.4. The van der Waals surface area contributed by atoms with Gasteiger partial charge in [0, 0.05) is 43.3 Å². The maximum Gasteiger partial charge on any atom is 0.414 e. The number of guanidine groups is 1. The van der Waals surface area contributed by atoms with Crippen LogP contribution >= 0.6 is 0 Å². The third-order valence-corrected chi connectivity index (χ3v) is 6.51. The van der Waals surface area contributed by atoms with Crippen LogP contribution in [0.3, 0.4) is 0 Å². The number of aliphatic imine (C=N–C) groups is 1. The predicted octanol–water partition coefficient (Wildman–Crippen LogP) is 1.44. The summed E-state index contributed by atoms with van der Waals surface area (Å²) in [7, 11) is 0. The van der Waals surface area contributed by atoms with E-state index in [0.717, 1.165) is 0 Å². The number of carbonyl (C=O) groups is 3. The fourth-order valence-electron chi connectivity index (χ4n) is 4.16. The largest absolute Gasteiger partial charge is 0.459 e. The first-order valence-electron chi connectivity index (χ1n) is 12.9. The van der Waals surface area contributed by atoms with Gasteiger partial charge < -0.3 is 26.3 Å². The van der Waals surface area contributed by atoms with E-state index in [-0.39, 0.29) is 49.9 Å². The minimum atomic E-state index is -1.96. The molecule has 2 aromatic carbocycles. The van der Waals surface area contributed by atoms with Crippen molar-refractivity contribution < 1.29 is 33.7 Å². The Labute approximate surface area is 239 Å². The van der Waals surface area contributed by atoms with Gasteiger partial charge in [0.1, 0.15) is 13.2 Å². The summed E-state index contributed by atoms with van der Waals surface area (Å²) in [6.45, 7) is 0.608. The SMILES string of the molecule is NC(=NCCC[C@@](N)(C(=O)OCc1ccc([N+](=O)[O-])cc1)C(=O)[C@H]1CCNC1)NC(=O)OCc1ccc([N+](=O)[O-])cc1. The Bertz CT molecular complexity index is 1330. The highest BCUT2D eigenvalue weighted by Crippen LogP contribution is 2.23. The van der Waals surface area contributed by atoms with E-state index < -0.39 is 39.1 Å². The van der Waals surface area contributed by atoms with Crippen molar-refractivity contribution in [3.63, 3.8) is 0 Å². The highest BCUT2D eigenvalue weighted by molar-refractivity contribution is 6.09. The van der Waals surface area contributed by atoms with Gasteiger partial charge in [-0.05, 0) is 61.2 Å². The summed E-state index contributed by atoms with van der Waals surface area (Å²) in [6.07, 6.45) is -0.343. The van der Waals surface area contributed by atoms with Gasteiger partial charge in [-0.25, -0.2) is 9.59 Å². The van der Waals surface area contributed by atoms with Crippen LogP contribution < -0.4 is 22.1 Å². The zero-order valence-electron chi connectivity index (χ0n) is 22.5. The first-order valence-corrected chi connectivity index (χ1v) is 12.9. The molecule has 1 amide bonds. The molecule has 2 atom stereocenters. The van der Waals surface area contributed by atoms with E-state index >= 15 is 0 Å². The van der Waals surface area contributed by atoms with Gasteiger partial charge in [-0.1, -0.05) is 0 Å². The number of nitro benzene ring substituents is 2. The van der Waals surface area contributed by atoms with E-state index in [1.165, 1.54) is 48.5 Å². The van der Waals surface area contributed by atoms with Crippen molar-refractivity contribution >= 4 is 35.2 Å². The van der Waals surface area contributed by atoms with E-state index in [2.05, 4.69) is 15.6 Å². The average Bonchev–Trinajstić information content (AvgIpc) is 3.52. The van der Waals surface area contributed by atoms with Crippen LogP contribution in [-0.4, -0.2) is 58.8 Å². The molecule has 0 radical (unpaired) electrons. The van der Waals surface area contributed by atoms with Crippen LogP contribution in [0.4, 0.5) is 16.2 Å². The fourth-order valence-corrected chi connectivity index (χ4v) is 4.16. The monoisotopic (exact) mass is 585 g/mol. The molecule has 224 valence electrons. The Kier molecular flexibility index (Phi) is 11.0. The third kappa shape index (κ3) is 8.77. The van der Waals surface area contributed by atoms with Crippen LogP contribution in [0.2, 0.25) is 0 Å². The Morgan fingerprint density at radius 2 is 1.52 bits per heavy atom. The molecule has 6 N–H and O–H groups in total. The molecule has 0 bridgehead atoms. The van der Waals surface area contributed by atoms with Gasteiger partial charge in [0.2, 0.25) is 0 Å². The van der Waals surface area contributed by atoms with E-state index in [4.69, 9.17) is 20.9 Å². The number of nitrogens with zero attached hydrogens (tertiary/aromatic N) is 3. The number of ketones is 1. The molecule has 1 fully saturated rings. The van der Waals surface area contributed by atoms with Crippen molar-refractivity contribution in [2.75, 3.05) is 19.6 Å². The van der Waals surface area contributed by atoms with Crippen LogP contribution in [0, 0.1) is 26.1 Å². The van der Waals surface area contributed by atoms with Gasteiger partial charge in [0.25, 0.3) is 11.4 Å². The van der Waals surface area contributed by atoms with Crippen LogP contribution in [-0.2, 0) is 32.3 Å². The van der Waals surface area contributed by atoms with Crippen LogP contribution in [0.15, 0.2) is 53.5 Å². The summed E-state index contributed by atoms with van der Waals surface area (Å²) in [5.74, 6) is -2.13. The van der Waals surface area contributed by atoms with E-state index in [1.807, 2.05) is 0 Å². The van der Waals surface area contributed by atoms with Gasteiger partial charge in [-0.3, -0.25) is 35.3 Å². The topological polar surface area (TPSA) is 244 Å². The molecular formula is C26H31N7O9. The molecule has 3 rings (SSSR count). The second-order valence-corrected chi connectivity index (χ2v) is 9.52. The van der Waals surface area contributed by atoms with Gasteiger partial charge in [-0.2, -0.15) is 0 Å². The van der Waals surface area contributed by atoms with E-state index in [0.29, 0.717) is 30.6 Å². The van der Waals surface area contributed by atoms with E-state index in [1.54, 1.807) is 0 Å². The second-order valence-electron chi connectivity index (χ2n) is 9.52. The highest BCUT2D eigenvalue weighted by atomic mass is 16.6. The number of ether oxygens (including phenoxy) is 2. The lowest BCUT2D eigenvalue weighted by Crippen LogP contribution is -2.58. The summed E-state index contributed by atoms with van der Waals surface area (Å²) in [6, 6.07) is 10.9. The smallest absolute Gasteiger partial charge is 0.414 e. The van der Waals surface area contributed by atoms with Crippen molar-refractivity contribution in [3.8, 4) is 0 Å². The Morgan fingerprint density at radius 3 is 2.02 bits per heavy atom. The summed E-state index contributed by atoms with van der Waals surface area (Å²) in [4.78, 5) is 62.8. The van der Waals surface area contributed by atoms with Crippen molar-refractivity contribution in [2.24, 2.45) is 22.4 Å². The average molecular weight is 586 g/mol. The number of non-ortho nitro benzene ring substituents is 2. The van der Waals surface area contributed by atoms with Crippen molar-refractivity contribution in [2.45, 2.75) is 38.0 Å². The number of rotatable bonds is 13. The molecule has 0 spiro atoms.